The molecule has 0 saturated carbocycles. The van der Waals surface area contributed by atoms with E-state index in [2.05, 4.69) is 13.8 Å². The van der Waals surface area contributed by atoms with Crippen LogP contribution in [0.2, 0.25) is 0 Å². The first-order valence-corrected chi connectivity index (χ1v) is 21.8. The zero-order chi connectivity index (χ0) is 39.7. The highest BCUT2D eigenvalue weighted by Gasteiger charge is 2.16. The molecule has 0 aromatic heterocycles. The van der Waals surface area contributed by atoms with Gasteiger partial charge >= 0.3 is 11.9 Å². The summed E-state index contributed by atoms with van der Waals surface area (Å²) < 4.78 is 23.2. The minimum absolute atomic E-state index is 0.273. The smallest absolute Gasteiger partial charge is 0.330 e. The Bertz CT molecular complexity index is 1200. The number of benzene rings is 2. The Labute approximate surface area is 335 Å². The molecule has 7 heteroatoms. The molecular formula is C48H76NO6+. The summed E-state index contributed by atoms with van der Waals surface area (Å²) in [5.74, 6) is 0.934. The average Bonchev–Trinajstić information content (AvgIpc) is 3.18. The van der Waals surface area contributed by atoms with E-state index in [1.807, 2.05) is 62.6 Å². The Morgan fingerprint density at radius 2 is 0.764 bits per heavy atom. The predicted octanol–water partition coefficient (Wildman–Crippen LogP) is 12.2. The SMILES string of the molecule is CCCCCCCCCCCCOc1ccc(C=CC(=O)OCC[N+](C)(C)CCOC(=O)C=Cc2ccc(OCCCCCCCCCCCC)cc2)cc1. The van der Waals surface area contributed by atoms with Crippen LogP contribution in [0.5, 0.6) is 11.5 Å². The third-order valence-corrected chi connectivity index (χ3v) is 10.00. The van der Waals surface area contributed by atoms with E-state index in [9.17, 15) is 9.59 Å². The van der Waals surface area contributed by atoms with Crippen LogP contribution in [0, 0.1) is 0 Å². The van der Waals surface area contributed by atoms with Crippen LogP contribution in [0.3, 0.4) is 0 Å². The van der Waals surface area contributed by atoms with Gasteiger partial charge in [0.2, 0.25) is 0 Å². The maximum Gasteiger partial charge on any atom is 0.330 e. The molecule has 0 fully saturated rings. The summed E-state index contributed by atoms with van der Waals surface area (Å²) in [5, 5.41) is 0. The summed E-state index contributed by atoms with van der Waals surface area (Å²) in [6, 6.07) is 15.5. The molecule has 0 amide bonds. The van der Waals surface area contributed by atoms with Gasteiger partial charge in [-0.05, 0) is 60.4 Å². The number of hydrogen-bond donors (Lipinski definition) is 0. The zero-order valence-electron chi connectivity index (χ0n) is 35.2. The van der Waals surface area contributed by atoms with Gasteiger partial charge in [0.1, 0.15) is 37.8 Å². The number of carbonyl (C=O) groups is 2. The van der Waals surface area contributed by atoms with E-state index in [4.69, 9.17) is 18.9 Å². The molecular weight excluding hydrogens is 687 g/mol. The zero-order valence-corrected chi connectivity index (χ0v) is 35.2. The molecule has 0 aliphatic rings. The minimum Gasteiger partial charge on any atom is -0.494 e. The van der Waals surface area contributed by atoms with Crippen molar-refractivity contribution >= 4 is 24.1 Å². The van der Waals surface area contributed by atoms with Crippen LogP contribution < -0.4 is 9.47 Å². The number of rotatable bonds is 34. The molecule has 2 aromatic rings. The fraction of sp³-hybridized carbons (Fsp3) is 0.625. The molecule has 0 heterocycles. The first-order valence-electron chi connectivity index (χ1n) is 21.8. The molecule has 0 unspecified atom stereocenters. The fourth-order valence-electron chi connectivity index (χ4n) is 6.23. The molecule has 0 spiro atoms. The van der Waals surface area contributed by atoms with Crippen LogP contribution in [-0.4, -0.2) is 70.0 Å². The molecule has 0 radical (unpaired) electrons. The average molecular weight is 763 g/mol. The van der Waals surface area contributed by atoms with Gasteiger partial charge in [0, 0.05) is 12.2 Å². The fourth-order valence-corrected chi connectivity index (χ4v) is 6.23. The van der Waals surface area contributed by atoms with Gasteiger partial charge in [-0.1, -0.05) is 154 Å². The molecule has 2 aromatic carbocycles. The number of nitrogens with zero attached hydrogens (tertiary/aromatic N) is 1. The highest BCUT2D eigenvalue weighted by atomic mass is 16.5. The van der Waals surface area contributed by atoms with Crippen LogP contribution >= 0.6 is 0 Å². The Balaban J connectivity index is 1.51. The molecule has 0 bridgehead atoms. The second kappa shape index (κ2) is 31.6. The first-order chi connectivity index (χ1) is 26.8. The van der Waals surface area contributed by atoms with E-state index >= 15 is 0 Å². The van der Waals surface area contributed by atoms with Crippen molar-refractivity contribution in [2.45, 2.75) is 142 Å². The lowest BCUT2D eigenvalue weighted by Crippen LogP contribution is -2.45. The third kappa shape index (κ3) is 26.8. The number of hydrogen-bond acceptors (Lipinski definition) is 6. The molecule has 7 nitrogen and oxygen atoms in total. The van der Waals surface area contributed by atoms with Crippen molar-refractivity contribution in [3.05, 3.63) is 71.8 Å². The summed E-state index contributed by atoms with van der Waals surface area (Å²) >= 11 is 0. The summed E-state index contributed by atoms with van der Waals surface area (Å²) in [7, 11) is 4.04. The van der Waals surface area contributed by atoms with E-state index in [0.717, 1.165) is 48.7 Å². The van der Waals surface area contributed by atoms with Crippen LogP contribution in [0.1, 0.15) is 153 Å². The van der Waals surface area contributed by atoms with Crippen LogP contribution in [0.4, 0.5) is 0 Å². The van der Waals surface area contributed by atoms with Crippen LogP contribution in [-0.2, 0) is 19.1 Å². The monoisotopic (exact) mass is 763 g/mol. The first kappa shape index (κ1) is 47.6. The van der Waals surface area contributed by atoms with Gasteiger partial charge in [-0.15, -0.1) is 0 Å². The molecule has 0 N–H and O–H groups in total. The van der Waals surface area contributed by atoms with E-state index in [1.165, 1.54) is 128 Å². The van der Waals surface area contributed by atoms with E-state index < -0.39 is 0 Å². The van der Waals surface area contributed by atoms with Gasteiger partial charge in [0.05, 0.1) is 27.3 Å². The van der Waals surface area contributed by atoms with Crippen molar-refractivity contribution in [2.75, 3.05) is 53.6 Å². The summed E-state index contributed by atoms with van der Waals surface area (Å²) in [4.78, 5) is 24.6. The summed E-state index contributed by atoms with van der Waals surface area (Å²) in [6.07, 6.45) is 32.6. The standard InChI is InChI=1S/C48H76NO6/c1-5-7-9-11-13-15-17-19-21-23-39-52-45-31-25-43(26-32-45)29-35-47(50)54-41-37-49(3,4)38-42-55-48(51)36-30-44-27-33-46(34-28-44)53-40-24-22-20-18-16-14-12-10-8-6-2/h25-36H,5-24,37-42H2,1-4H3/q+1. The molecule has 0 atom stereocenters. The van der Waals surface area contributed by atoms with Gasteiger partial charge in [0.25, 0.3) is 0 Å². The van der Waals surface area contributed by atoms with Gasteiger partial charge < -0.3 is 23.4 Å². The Morgan fingerprint density at radius 3 is 1.09 bits per heavy atom. The molecule has 308 valence electrons. The normalized spacial score (nSPS) is 11.7. The maximum atomic E-state index is 12.3. The summed E-state index contributed by atoms with van der Waals surface area (Å²) in [6.45, 7) is 7.74. The van der Waals surface area contributed by atoms with Crippen molar-refractivity contribution in [1.82, 2.24) is 0 Å². The second-order valence-electron chi connectivity index (χ2n) is 15.6. The number of ether oxygens (including phenoxy) is 4. The van der Waals surface area contributed by atoms with Crippen molar-refractivity contribution in [3.8, 4) is 11.5 Å². The van der Waals surface area contributed by atoms with Crippen LogP contribution in [0.25, 0.3) is 12.2 Å². The van der Waals surface area contributed by atoms with Gasteiger partial charge in [-0.3, -0.25) is 0 Å². The maximum absolute atomic E-state index is 12.3. The molecule has 55 heavy (non-hydrogen) atoms. The van der Waals surface area contributed by atoms with Gasteiger partial charge in [-0.2, -0.15) is 0 Å². The topological polar surface area (TPSA) is 71.1 Å². The Kier molecular flexibility index (Phi) is 27.3. The number of unbranched alkanes of at least 4 members (excludes halogenated alkanes) is 18. The predicted molar refractivity (Wildman–Crippen MR) is 229 cm³/mol. The lowest BCUT2D eigenvalue weighted by Gasteiger charge is -2.28. The van der Waals surface area contributed by atoms with Gasteiger partial charge in [0.15, 0.2) is 0 Å². The largest absolute Gasteiger partial charge is 0.494 e. The second-order valence-corrected chi connectivity index (χ2v) is 15.6. The molecule has 2 rings (SSSR count). The van der Waals surface area contributed by atoms with Crippen molar-refractivity contribution in [2.24, 2.45) is 0 Å². The summed E-state index contributed by atoms with van der Waals surface area (Å²) in [5.41, 5.74) is 1.83. The third-order valence-electron chi connectivity index (χ3n) is 10.00. The highest BCUT2D eigenvalue weighted by molar-refractivity contribution is 5.87. The molecule has 0 aliphatic carbocycles. The molecule has 0 saturated heterocycles. The number of esters is 2. The number of carbonyl (C=O) groups excluding carboxylic acids is 2. The quantitative estimate of drug-likeness (QED) is 0.0306. The van der Waals surface area contributed by atoms with Crippen LogP contribution in [0.15, 0.2) is 60.7 Å². The minimum atomic E-state index is -0.383. The number of quaternary nitrogens is 1. The van der Waals surface area contributed by atoms with E-state index in [1.54, 1.807) is 12.2 Å². The van der Waals surface area contributed by atoms with Crippen molar-refractivity contribution in [1.29, 1.82) is 0 Å². The number of likely N-dealkylation sites (N-methyl/N-ethyl adjacent to an activating group) is 1. The highest BCUT2D eigenvalue weighted by Crippen LogP contribution is 2.17. The van der Waals surface area contributed by atoms with Gasteiger partial charge in [-0.25, -0.2) is 9.59 Å². The lowest BCUT2D eigenvalue weighted by atomic mass is 10.1. The van der Waals surface area contributed by atoms with E-state index in [0.29, 0.717) is 17.6 Å². The van der Waals surface area contributed by atoms with Crippen molar-refractivity contribution in [3.63, 3.8) is 0 Å². The Hall–Kier alpha value is -3.58. The molecule has 0 aliphatic heterocycles. The lowest BCUT2D eigenvalue weighted by molar-refractivity contribution is -0.890. The van der Waals surface area contributed by atoms with E-state index in [-0.39, 0.29) is 25.2 Å². The van der Waals surface area contributed by atoms with Crippen molar-refractivity contribution < 1.29 is 33.0 Å². The Morgan fingerprint density at radius 1 is 0.455 bits per heavy atom.